The number of hydrogen-bond acceptors (Lipinski definition) is 6. The second-order valence-electron chi connectivity index (χ2n) is 4.78. The van der Waals surface area contributed by atoms with Crippen molar-refractivity contribution in [1.82, 2.24) is 4.90 Å². The zero-order valence-corrected chi connectivity index (χ0v) is 10.1. The van der Waals surface area contributed by atoms with Crippen molar-refractivity contribution in [2.45, 2.75) is 43.6 Å². The van der Waals surface area contributed by atoms with Gasteiger partial charge in [0, 0.05) is 19.2 Å². The highest BCUT2D eigenvalue weighted by atomic mass is 16.4. The molecule has 6 N–H and O–H groups in total. The van der Waals surface area contributed by atoms with E-state index in [1.54, 1.807) is 0 Å². The monoisotopic (exact) mass is 248 g/mol. The van der Waals surface area contributed by atoms with Gasteiger partial charge in [0.05, 0.1) is 12.2 Å². The average molecular weight is 248 g/mol. The van der Waals surface area contributed by atoms with Crippen LogP contribution >= 0.6 is 0 Å². The zero-order valence-electron chi connectivity index (χ0n) is 10.1. The van der Waals surface area contributed by atoms with E-state index in [0.29, 0.717) is 6.54 Å². The van der Waals surface area contributed by atoms with Crippen LogP contribution in [0.25, 0.3) is 0 Å². The molecule has 102 valence electrons. The van der Waals surface area contributed by atoms with Crippen LogP contribution in [0, 0.1) is 0 Å². The maximum absolute atomic E-state index is 9.77. The Bertz CT molecular complexity index is 210. The third kappa shape index (κ3) is 4.87. The number of rotatable bonds is 6. The molecular formula is C11H24N2O4. The molecule has 0 amide bonds. The molecule has 1 aliphatic heterocycles. The highest BCUT2D eigenvalue weighted by molar-refractivity contribution is 4.81. The minimum Gasteiger partial charge on any atom is -0.396 e. The average Bonchev–Trinajstić information content (AvgIpc) is 2.31. The van der Waals surface area contributed by atoms with E-state index in [4.69, 9.17) is 10.8 Å². The van der Waals surface area contributed by atoms with E-state index in [2.05, 4.69) is 0 Å². The second kappa shape index (κ2) is 7.25. The van der Waals surface area contributed by atoms with Crippen LogP contribution in [0.3, 0.4) is 0 Å². The van der Waals surface area contributed by atoms with E-state index in [9.17, 15) is 15.3 Å². The molecule has 0 aromatic rings. The van der Waals surface area contributed by atoms with Crippen LogP contribution in [0.4, 0.5) is 0 Å². The van der Waals surface area contributed by atoms with Crippen molar-refractivity contribution in [3.63, 3.8) is 0 Å². The minimum absolute atomic E-state index is 0.0725. The maximum atomic E-state index is 9.77. The first-order valence-electron chi connectivity index (χ1n) is 6.17. The molecule has 1 fully saturated rings. The number of likely N-dealkylation sites (tertiary alicyclic amines) is 1. The minimum atomic E-state index is -1.21. The first-order chi connectivity index (χ1) is 8.04. The molecule has 3 atom stereocenters. The number of piperidine rings is 1. The van der Waals surface area contributed by atoms with Crippen molar-refractivity contribution < 1.29 is 20.4 Å². The van der Waals surface area contributed by atoms with E-state index in [-0.39, 0.29) is 19.1 Å². The Morgan fingerprint density at radius 2 is 1.71 bits per heavy atom. The number of nitrogens with zero attached hydrogens (tertiary/aromatic N) is 1. The van der Waals surface area contributed by atoms with Crippen LogP contribution in [0.2, 0.25) is 0 Å². The van der Waals surface area contributed by atoms with E-state index >= 15 is 0 Å². The fourth-order valence-electron chi connectivity index (χ4n) is 2.07. The Balaban J connectivity index is 2.30. The molecule has 0 radical (unpaired) electrons. The van der Waals surface area contributed by atoms with Gasteiger partial charge in [-0.25, -0.2) is 0 Å². The molecule has 0 spiro atoms. The number of aliphatic hydroxyl groups excluding tert-OH is 4. The van der Waals surface area contributed by atoms with Gasteiger partial charge in [-0.15, -0.1) is 0 Å². The van der Waals surface area contributed by atoms with E-state index in [1.807, 2.05) is 4.90 Å². The molecule has 6 heteroatoms. The standard InChI is InChI=1S/C11H24N2O4/c12-8-1-4-13(5-2-8)7-10(16)11(17)9(15)3-6-14/h8-11,14-17H,1-7,12H2/t9-,10+,11+/m1/s1. The lowest BCUT2D eigenvalue weighted by atomic mass is 10.0. The lowest BCUT2D eigenvalue weighted by molar-refractivity contribution is -0.0760. The molecule has 1 aliphatic rings. The molecule has 0 aromatic heterocycles. The summed E-state index contributed by atoms with van der Waals surface area (Å²) in [7, 11) is 0. The number of hydrogen-bond donors (Lipinski definition) is 5. The van der Waals surface area contributed by atoms with Gasteiger partial charge in [0.25, 0.3) is 0 Å². The third-order valence-corrected chi connectivity index (χ3v) is 3.29. The fourth-order valence-corrected chi connectivity index (χ4v) is 2.07. The van der Waals surface area contributed by atoms with Crippen molar-refractivity contribution in [2.24, 2.45) is 5.73 Å². The zero-order chi connectivity index (χ0) is 12.8. The topological polar surface area (TPSA) is 110 Å². The molecule has 1 saturated heterocycles. The summed E-state index contributed by atoms with van der Waals surface area (Å²) in [5.41, 5.74) is 5.77. The second-order valence-corrected chi connectivity index (χ2v) is 4.78. The van der Waals surface area contributed by atoms with Gasteiger partial charge in [0.2, 0.25) is 0 Å². The largest absolute Gasteiger partial charge is 0.396 e. The molecule has 1 heterocycles. The van der Waals surface area contributed by atoms with E-state index < -0.39 is 18.3 Å². The Labute approximate surface area is 102 Å². The Hall–Kier alpha value is -0.240. The predicted octanol–water partition coefficient (Wildman–Crippen LogP) is -2.13. The maximum Gasteiger partial charge on any atom is 0.107 e. The van der Waals surface area contributed by atoms with Gasteiger partial charge in [-0.1, -0.05) is 0 Å². The van der Waals surface area contributed by atoms with Gasteiger partial charge < -0.3 is 31.1 Å². The third-order valence-electron chi connectivity index (χ3n) is 3.29. The Kier molecular flexibility index (Phi) is 6.32. The van der Waals surface area contributed by atoms with Crippen LogP contribution in [-0.2, 0) is 0 Å². The summed E-state index contributed by atoms with van der Waals surface area (Å²) in [4.78, 5) is 2.03. The molecule has 0 aromatic carbocycles. The predicted molar refractivity (Wildman–Crippen MR) is 63.4 cm³/mol. The van der Waals surface area contributed by atoms with Gasteiger partial charge in [-0.2, -0.15) is 0 Å². The van der Waals surface area contributed by atoms with Gasteiger partial charge in [-0.3, -0.25) is 0 Å². The summed E-state index contributed by atoms with van der Waals surface area (Å²) in [6.07, 6.45) is -1.43. The molecule has 0 unspecified atom stereocenters. The number of β-amino-alcohol motifs (C(OH)–C–C–N with tert-alkyl or cyclic N) is 1. The van der Waals surface area contributed by atoms with Crippen molar-refractivity contribution in [1.29, 1.82) is 0 Å². The Morgan fingerprint density at radius 3 is 2.24 bits per heavy atom. The smallest absolute Gasteiger partial charge is 0.107 e. The van der Waals surface area contributed by atoms with Gasteiger partial charge in [0.1, 0.15) is 6.10 Å². The normalized spacial score (nSPS) is 24.5. The summed E-state index contributed by atoms with van der Waals surface area (Å²) in [5, 5.41) is 37.5. The lowest BCUT2D eigenvalue weighted by Gasteiger charge is -2.33. The van der Waals surface area contributed by atoms with Crippen LogP contribution in [0.1, 0.15) is 19.3 Å². The van der Waals surface area contributed by atoms with E-state index in [0.717, 1.165) is 25.9 Å². The van der Waals surface area contributed by atoms with Crippen molar-refractivity contribution in [3.8, 4) is 0 Å². The molecule has 0 bridgehead atoms. The van der Waals surface area contributed by atoms with Gasteiger partial charge in [0.15, 0.2) is 0 Å². The first-order valence-corrected chi connectivity index (χ1v) is 6.17. The molecule has 6 nitrogen and oxygen atoms in total. The van der Waals surface area contributed by atoms with Gasteiger partial charge in [-0.05, 0) is 32.4 Å². The molecular weight excluding hydrogens is 224 g/mol. The summed E-state index contributed by atoms with van der Waals surface area (Å²) < 4.78 is 0. The fraction of sp³-hybridized carbons (Fsp3) is 1.00. The SMILES string of the molecule is NC1CCN(C[C@H](O)[C@@H](O)[C@H](O)CCO)CC1. The summed E-state index contributed by atoms with van der Waals surface area (Å²) in [6, 6.07) is 0.230. The van der Waals surface area contributed by atoms with Gasteiger partial charge >= 0.3 is 0 Å². The van der Waals surface area contributed by atoms with Crippen molar-refractivity contribution in [3.05, 3.63) is 0 Å². The number of aliphatic hydroxyl groups is 4. The molecule has 1 rings (SSSR count). The van der Waals surface area contributed by atoms with Crippen LogP contribution in [0.5, 0.6) is 0 Å². The highest BCUT2D eigenvalue weighted by Crippen LogP contribution is 2.11. The summed E-state index contributed by atoms with van der Waals surface area (Å²) in [6.45, 7) is 1.74. The molecule has 0 saturated carbocycles. The quantitative estimate of drug-likeness (QED) is 0.367. The van der Waals surface area contributed by atoms with E-state index in [1.165, 1.54) is 0 Å². The van der Waals surface area contributed by atoms with Crippen LogP contribution < -0.4 is 5.73 Å². The van der Waals surface area contributed by atoms with Crippen molar-refractivity contribution in [2.75, 3.05) is 26.2 Å². The number of nitrogens with two attached hydrogens (primary N) is 1. The van der Waals surface area contributed by atoms with Crippen LogP contribution in [0.15, 0.2) is 0 Å². The summed E-state index contributed by atoms with van der Waals surface area (Å²) in [5.74, 6) is 0. The van der Waals surface area contributed by atoms with Crippen LogP contribution in [-0.4, -0.2) is 75.9 Å². The Morgan fingerprint density at radius 1 is 1.12 bits per heavy atom. The summed E-state index contributed by atoms with van der Waals surface area (Å²) >= 11 is 0. The first kappa shape index (κ1) is 14.8. The lowest BCUT2D eigenvalue weighted by Crippen LogP contribution is -2.48. The highest BCUT2D eigenvalue weighted by Gasteiger charge is 2.27. The van der Waals surface area contributed by atoms with Crippen molar-refractivity contribution >= 4 is 0 Å². The molecule has 17 heavy (non-hydrogen) atoms. The molecule has 0 aliphatic carbocycles.